The second-order valence-corrected chi connectivity index (χ2v) is 4.44. The van der Waals surface area contributed by atoms with Crippen molar-refractivity contribution in [1.82, 2.24) is 0 Å². The summed E-state index contributed by atoms with van der Waals surface area (Å²) in [6, 6.07) is 12.7. The van der Waals surface area contributed by atoms with Crippen LogP contribution in [0.3, 0.4) is 0 Å². The minimum Gasteiger partial charge on any atom is -0.508 e. The quantitative estimate of drug-likeness (QED) is 0.346. The largest absolute Gasteiger partial charge is 0.508 e. The SMILES string of the molecule is CN(C(=O)c1ccc(O)cc1)c1ccc(C(N)=NO)cc1. The van der Waals surface area contributed by atoms with E-state index in [4.69, 9.17) is 10.9 Å². The van der Waals surface area contributed by atoms with Gasteiger partial charge in [0, 0.05) is 23.9 Å². The van der Waals surface area contributed by atoms with Crippen molar-refractivity contribution in [1.29, 1.82) is 0 Å². The molecule has 6 heteroatoms. The molecule has 0 aliphatic rings. The molecule has 0 heterocycles. The summed E-state index contributed by atoms with van der Waals surface area (Å²) in [5.41, 5.74) is 7.18. The summed E-state index contributed by atoms with van der Waals surface area (Å²) in [7, 11) is 1.65. The van der Waals surface area contributed by atoms with Crippen LogP contribution in [-0.2, 0) is 0 Å². The number of carbonyl (C=O) groups excluding carboxylic acids is 1. The minimum atomic E-state index is -0.202. The lowest BCUT2D eigenvalue weighted by atomic mass is 10.1. The van der Waals surface area contributed by atoms with Gasteiger partial charge in [0.2, 0.25) is 0 Å². The van der Waals surface area contributed by atoms with Crippen LogP contribution in [0.15, 0.2) is 53.7 Å². The van der Waals surface area contributed by atoms with Crippen LogP contribution in [0.25, 0.3) is 0 Å². The van der Waals surface area contributed by atoms with Crippen molar-refractivity contribution in [2.24, 2.45) is 10.9 Å². The Morgan fingerprint density at radius 2 is 1.57 bits per heavy atom. The van der Waals surface area contributed by atoms with E-state index >= 15 is 0 Å². The van der Waals surface area contributed by atoms with E-state index in [1.165, 1.54) is 17.0 Å². The zero-order valence-electron chi connectivity index (χ0n) is 11.4. The van der Waals surface area contributed by atoms with E-state index in [-0.39, 0.29) is 17.5 Å². The molecular formula is C15H15N3O3. The number of oxime groups is 1. The molecule has 2 aromatic carbocycles. The monoisotopic (exact) mass is 285 g/mol. The summed E-state index contributed by atoms with van der Waals surface area (Å²) in [5.74, 6) is -0.0852. The number of carbonyl (C=O) groups is 1. The molecule has 0 fully saturated rings. The second kappa shape index (κ2) is 5.96. The van der Waals surface area contributed by atoms with E-state index in [2.05, 4.69) is 5.16 Å². The van der Waals surface area contributed by atoms with Gasteiger partial charge >= 0.3 is 0 Å². The molecule has 0 spiro atoms. The molecule has 1 amide bonds. The first-order chi connectivity index (χ1) is 10.0. The lowest BCUT2D eigenvalue weighted by Crippen LogP contribution is -2.26. The predicted molar refractivity (Wildman–Crippen MR) is 79.8 cm³/mol. The van der Waals surface area contributed by atoms with Gasteiger partial charge in [-0.2, -0.15) is 0 Å². The molecule has 2 aromatic rings. The number of nitrogens with zero attached hydrogens (tertiary/aromatic N) is 2. The number of hydrogen-bond donors (Lipinski definition) is 3. The zero-order valence-corrected chi connectivity index (χ0v) is 11.4. The Labute approximate surface area is 121 Å². The van der Waals surface area contributed by atoms with E-state index in [1.807, 2.05) is 0 Å². The lowest BCUT2D eigenvalue weighted by Gasteiger charge is -2.17. The molecule has 0 saturated heterocycles. The first-order valence-corrected chi connectivity index (χ1v) is 6.18. The van der Waals surface area contributed by atoms with E-state index in [0.29, 0.717) is 16.8 Å². The smallest absolute Gasteiger partial charge is 0.258 e. The highest BCUT2D eigenvalue weighted by Crippen LogP contribution is 2.18. The molecule has 0 atom stereocenters. The maximum Gasteiger partial charge on any atom is 0.258 e. The molecule has 108 valence electrons. The van der Waals surface area contributed by atoms with Crippen LogP contribution in [-0.4, -0.2) is 29.1 Å². The number of phenols is 1. The van der Waals surface area contributed by atoms with Crippen molar-refractivity contribution in [3.63, 3.8) is 0 Å². The van der Waals surface area contributed by atoms with Gasteiger partial charge in [-0.15, -0.1) is 0 Å². The Balaban J connectivity index is 2.21. The van der Waals surface area contributed by atoms with Gasteiger partial charge in [0.05, 0.1) is 0 Å². The fourth-order valence-electron chi connectivity index (χ4n) is 1.83. The van der Waals surface area contributed by atoms with Gasteiger partial charge in [-0.25, -0.2) is 0 Å². The van der Waals surface area contributed by atoms with Crippen molar-refractivity contribution in [3.8, 4) is 5.75 Å². The molecule has 2 rings (SSSR count). The Hall–Kier alpha value is -3.02. The van der Waals surface area contributed by atoms with E-state index in [9.17, 15) is 9.90 Å². The molecule has 0 aromatic heterocycles. The summed E-state index contributed by atoms with van der Waals surface area (Å²) >= 11 is 0. The standard InChI is InChI=1S/C15H15N3O3/c1-18(15(20)11-4-8-13(19)9-5-11)12-6-2-10(3-7-12)14(16)17-21/h2-9,19,21H,1H3,(H2,16,17). The van der Waals surface area contributed by atoms with Gasteiger partial charge in [0.25, 0.3) is 5.91 Å². The van der Waals surface area contributed by atoms with Gasteiger partial charge in [-0.1, -0.05) is 5.16 Å². The Morgan fingerprint density at radius 1 is 1.05 bits per heavy atom. The predicted octanol–water partition coefficient (Wildman–Crippen LogP) is 1.76. The molecule has 0 aliphatic heterocycles. The highest BCUT2D eigenvalue weighted by molar-refractivity contribution is 6.06. The molecule has 0 bridgehead atoms. The number of phenolic OH excluding ortho intramolecular Hbond substituents is 1. The Bertz CT molecular complexity index is 664. The lowest BCUT2D eigenvalue weighted by molar-refractivity contribution is 0.0993. The van der Waals surface area contributed by atoms with Crippen LogP contribution in [0.2, 0.25) is 0 Å². The Kier molecular flexibility index (Phi) is 4.08. The number of amidine groups is 1. The average molecular weight is 285 g/mol. The number of benzene rings is 2. The fourth-order valence-corrected chi connectivity index (χ4v) is 1.83. The van der Waals surface area contributed by atoms with E-state index in [0.717, 1.165) is 0 Å². The molecule has 4 N–H and O–H groups in total. The molecule has 21 heavy (non-hydrogen) atoms. The van der Waals surface area contributed by atoms with Crippen LogP contribution < -0.4 is 10.6 Å². The number of hydrogen-bond acceptors (Lipinski definition) is 4. The number of amides is 1. The number of aromatic hydroxyl groups is 1. The maximum atomic E-state index is 12.3. The summed E-state index contributed by atoms with van der Waals surface area (Å²) in [6.07, 6.45) is 0. The normalized spacial score (nSPS) is 11.2. The summed E-state index contributed by atoms with van der Waals surface area (Å²) in [4.78, 5) is 13.8. The third kappa shape index (κ3) is 3.11. The van der Waals surface area contributed by atoms with Crippen LogP contribution in [0.1, 0.15) is 15.9 Å². The highest BCUT2D eigenvalue weighted by atomic mass is 16.4. The van der Waals surface area contributed by atoms with E-state index in [1.54, 1.807) is 43.4 Å². The summed E-state index contributed by atoms with van der Waals surface area (Å²) < 4.78 is 0. The van der Waals surface area contributed by atoms with Crippen LogP contribution in [0.4, 0.5) is 5.69 Å². The topological polar surface area (TPSA) is 99.2 Å². The van der Waals surface area contributed by atoms with Gasteiger partial charge in [-0.3, -0.25) is 4.79 Å². The first-order valence-electron chi connectivity index (χ1n) is 6.18. The summed E-state index contributed by atoms with van der Waals surface area (Å²) in [5, 5.41) is 20.8. The van der Waals surface area contributed by atoms with Gasteiger partial charge in [0.15, 0.2) is 5.84 Å². The van der Waals surface area contributed by atoms with Crippen molar-refractivity contribution in [2.45, 2.75) is 0 Å². The van der Waals surface area contributed by atoms with E-state index < -0.39 is 0 Å². The van der Waals surface area contributed by atoms with Gasteiger partial charge in [0.1, 0.15) is 5.75 Å². The molecule has 0 radical (unpaired) electrons. The third-order valence-electron chi connectivity index (χ3n) is 3.08. The molecule has 0 saturated carbocycles. The second-order valence-electron chi connectivity index (χ2n) is 4.44. The maximum absolute atomic E-state index is 12.3. The van der Waals surface area contributed by atoms with Gasteiger partial charge < -0.3 is 20.9 Å². The fraction of sp³-hybridized carbons (Fsp3) is 0.0667. The molecular weight excluding hydrogens is 270 g/mol. The van der Waals surface area contributed by atoms with Crippen molar-refractivity contribution in [3.05, 3.63) is 59.7 Å². The van der Waals surface area contributed by atoms with Crippen LogP contribution in [0.5, 0.6) is 5.75 Å². The minimum absolute atomic E-state index is 0.00839. The van der Waals surface area contributed by atoms with Gasteiger partial charge in [-0.05, 0) is 48.5 Å². The van der Waals surface area contributed by atoms with Crippen LogP contribution >= 0.6 is 0 Å². The summed E-state index contributed by atoms with van der Waals surface area (Å²) in [6.45, 7) is 0. The molecule has 0 unspecified atom stereocenters. The van der Waals surface area contributed by atoms with Crippen molar-refractivity contribution < 1.29 is 15.1 Å². The first kappa shape index (κ1) is 14.4. The number of rotatable bonds is 3. The van der Waals surface area contributed by atoms with Crippen molar-refractivity contribution in [2.75, 3.05) is 11.9 Å². The van der Waals surface area contributed by atoms with Crippen molar-refractivity contribution >= 4 is 17.4 Å². The average Bonchev–Trinajstić information content (AvgIpc) is 2.53. The number of nitrogens with two attached hydrogens (primary N) is 1. The van der Waals surface area contributed by atoms with Crippen LogP contribution in [0, 0.1) is 0 Å². The molecule has 0 aliphatic carbocycles. The number of anilines is 1. The molecule has 6 nitrogen and oxygen atoms in total. The zero-order chi connectivity index (χ0) is 15.4. The highest BCUT2D eigenvalue weighted by Gasteiger charge is 2.13. The Morgan fingerprint density at radius 3 is 2.10 bits per heavy atom. The third-order valence-corrected chi connectivity index (χ3v) is 3.08.